The predicted octanol–water partition coefficient (Wildman–Crippen LogP) is 2.84. The molecule has 1 aromatic carbocycles. The van der Waals surface area contributed by atoms with E-state index in [4.69, 9.17) is 10.00 Å². The van der Waals surface area contributed by atoms with Crippen LogP contribution in [-0.2, 0) is 0 Å². The van der Waals surface area contributed by atoms with Crippen LogP contribution in [0.25, 0.3) is 5.70 Å². The second-order valence-corrected chi connectivity index (χ2v) is 6.29. The molecule has 138 valence electrons. The first-order valence-corrected chi connectivity index (χ1v) is 8.68. The van der Waals surface area contributed by atoms with Crippen molar-refractivity contribution >= 4 is 17.5 Å². The van der Waals surface area contributed by atoms with Gasteiger partial charge in [0.15, 0.2) is 5.78 Å². The van der Waals surface area contributed by atoms with E-state index in [0.29, 0.717) is 40.4 Å². The summed E-state index contributed by atoms with van der Waals surface area (Å²) in [5.41, 5.74) is 2.37. The minimum absolute atomic E-state index is 0.177. The molecule has 1 aliphatic heterocycles. The number of nitrogens with one attached hydrogen (secondary N) is 1. The maximum Gasteiger partial charge on any atom is 0.323 e. The van der Waals surface area contributed by atoms with Crippen LogP contribution in [0.15, 0.2) is 60.8 Å². The van der Waals surface area contributed by atoms with Crippen molar-refractivity contribution < 1.29 is 14.3 Å². The summed E-state index contributed by atoms with van der Waals surface area (Å²) in [4.78, 5) is 31.4. The lowest BCUT2D eigenvalue weighted by Crippen LogP contribution is -2.46. The first-order valence-electron chi connectivity index (χ1n) is 8.68. The van der Waals surface area contributed by atoms with Crippen molar-refractivity contribution in [1.29, 1.82) is 5.26 Å². The molecular formula is C21H16N4O3. The van der Waals surface area contributed by atoms with Crippen molar-refractivity contribution in [2.75, 3.05) is 13.2 Å². The molecule has 0 saturated carbocycles. The monoisotopic (exact) mass is 372 g/mol. The third-order valence-electron chi connectivity index (χ3n) is 4.64. The number of nitrogens with zero attached hydrogens (tertiary/aromatic N) is 3. The van der Waals surface area contributed by atoms with E-state index in [0.717, 1.165) is 0 Å². The van der Waals surface area contributed by atoms with Crippen LogP contribution < -0.4 is 10.1 Å². The van der Waals surface area contributed by atoms with E-state index in [1.165, 1.54) is 4.90 Å². The summed E-state index contributed by atoms with van der Waals surface area (Å²) in [7, 11) is 0. The van der Waals surface area contributed by atoms with Crippen molar-refractivity contribution in [3.8, 4) is 11.8 Å². The molecule has 2 amide bonds. The topological polar surface area (TPSA) is 95.3 Å². The Balaban J connectivity index is 1.85. The zero-order valence-electron chi connectivity index (χ0n) is 14.9. The number of nitriles is 1. The van der Waals surface area contributed by atoms with Crippen molar-refractivity contribution in [2.24, 2.45) is 0 Å². The van der Waals surface area contributed by atoms with E-state index in [1.54, 1.807) is 42.6 Å². The van der Waals surface area contributed by atoms with Crippen LogP contribution in [0.2, 0.25) is 0 Å². The van der Waals surface area contributed by atoms with Crippen LogP contribution in [0.4, 0.5) is 4.79 Å². The van der Waals surface area contributed by atoms with Crippen molar-refractivity contribution in [1.82, 2.24) is 15.2 Å². The molecular weight excluding hydrogens is 356 g/mol. The number of benzene rings is 1. The van der Waals surface area contributed by atoms with Crippen LogP contribution in [-0.4, -0.2) is 34.8 Å². The van der Waals surface area contributed by atoms with E-state index in [2.05, 4.69) is 16.9 Å². The maximum atomic E-state index is 13.1. The number of carbonyl (C=O) groups is 2. The summed E-state index contributed by atoms with van der Waals surface area (Å²) in [6, 6.07) is 11.4. The lowest BCUT2D eigenvalue weighted by molar-refractivity contribution is 0.102. The number of Topliss-reactive ketones (excluding diaryl/α,β-unsaturated/α-hetero) is 1. The summed E-state index contributed by atoms with van der Waals surface area (Å²) in [5.74, 6) is 0.401. The zero-order valence-corrected chi connectivity index (χ0v) is 14.9. The maximum absolute atomic E-state index is 13.1. The van der Waals surface area contributed by atoms with Crippen LogP contribution in [0.3, 0.4) is 0 Å². The van der Waals surface area contributed by atoms with Crippen LogP contribution in [0.5, 0.6) is 5.75 Å². The summed E-state index contributed by atoms with van der Waals surface area (Å²) < 4.78 is 5.58. The molecule has 2 aliphatic rings. The molecule has 7 nitrogen and oxygen atoms in total. The van der Waals surface area contributed by atoms with Crippen molar-refractivity contribution in [3.63, 3.8) is 0 Å². The van der Waals surface area contributed by atoms with Crippen LogP contribution in [0.1, 0.15) is 27.7 Å². The van der Waals surface area contributed by atoms with Crippen LogP contribution >= 0.6 is 0 Å². The molecule has 0 radical (unpaired) electrons. The first-order chi connectivity index (χ1) is 13.7. The molecule has 1 aliphatic carbocycles. The van der Waals surface area contributed by atoms with Gasteiger partial charge in [0.05, 0.1) is 34.6 Å². The molecule has 2 heterocycles. The van der Waals surface area contributed by atoms with E-state index >= 15 is 0 Å². The minimum Gasteiger partial charge on any atom is -0.490 e. The molecule has 0 spiro atoms. The fraction of sp³-hybridized carbons (Fsp3) is 0.143. The van der Waals surface area contributed by atoms with Gasteiger partial charge in [-0.3, -0.25) is 14.7 Å². The van der Waals surface area contributed by atoms with Gasteiger partial charge in [-0.2, -0.15) is 5.26 Å². The summed E-state index contributed by atoms with van der Waals surface area (Å²) in [6.45, 7) is 3.80. The fourth-order valence-corrected chi connectivity index (χ4v) is 3.48. The van der Waals surface area contributed by atoms with Crippen molar-refractivity contribution in [3.05, 3.63) is 77.6 Å². The quantitative estimate of drug-likeness (QED) is 0.643. The highest BCUT2D eigenvalue weighted by atomic mass is 16.5. The Morgan fingerprint density at radius 2 is 2.18 bits per heavy atom. The number of hydrogen-bond donors (Lipinski definition) is 1. The van der Waals surface area contributed by atoms with Gasteiger partial charge in [-0.05, 0) is 29.8 Å². The van der Waals surface area contributed by atoms with E-state index in [9.17, 15) is 9.59 Å². The second-order valence-electron chi connectivity index (χ2n) is 6.29. The lowest BCUT2D eigenvalue weighted by atomic mass is 9.94. The van der Waals surface area contributed by atoms with E-state index < -0.39 is 12.1 Å². The van der Waals surface area contributed by atoms with Crippen molar-refractivity contribution in [2.45, 2.75) is 6.04 Å². The number of urea groups is 1. The summed E-state index contributed by atoms with van der Waals surface area (Å²) >= 11 is 0. The highest BCUT2D eigenvalue weighted by molar-refractivity contribution is 6.22. The Morgan fingerprint density at radius 3 is 2.96 bits per heavy atom. The molecule has 7 heteroatoms. The summed E-state index contributed by atoms with van der Waals surface area (Å²) in [5, 5.41) is 12.0. The molecule has 1 unspecified atom stereocenters. The van der Waals surface area contributed by atoms with E-state index in [1.807, 2.05) is 12.1 Å². The minimum atomic E-state index is -0.661. The highest BCUT2D eigenvalue weighted by Crippen LogP contribution is 2.43. The van der Waals surface area contributed by atoms with Gasteiger partial charge in [-0.15, -0.1) is 0 Å². The number of ether oxygens (including phenoxy) is 1. The standard InChI is InChI=1S/C21H16N4O3/c1-2-11-28-14-6-3-5-13(12-14)17-16-19(25(10-8-22)21(27)24-17)18-15(20(16)26)7-4-9-23-18/h2-7,9,12,17H,1,10-11H2,(H,24,27). The van der Waals surface area contributed by atoms with Gasteiger partial charge in [0.25, 0.3) is 0 Å². The molecule has 0 saturated heterocycles. The number of hydrogen-bond acceptors (Lipinski definition) is 5. The van der Waals surface area contributed by atoms with Gasteiger partial charge in [-0.25, -0.2) is 4.79 Å². The number of fused-ring (bicyclic) bond motifs is 2. The molecule has 0 bridgehead atoms. The molecule has 28 heavy (non-hydrogen) atoms. The number of carbonyl (C=O) groups excluding carboxylic acids is 2. The van der Waals surface area contributed by atoms with Gasteiger partial charge >= 0.3 is 6.03 Å². The SMILES string of the molecule is C=CCOc1cccc(C2NC(=O)N(CC#N)C3=C2C(=O)c2cccnc23)c1. The number of amides is 2. The average molecular weight is 372 g/mol. The molecule has 1 atom stereocenters. The Kier molecular flexibility index (Phi) is 4.38. The Morgan fingerprint density at radius 1 is 1.32 bits per heavy atom. The molecule has 0 fully saturated rings. The Bertz CT molecular complexity index is 1070. The lowest BCUT2D eigenvalue weighted by Gasteiger charge is -2.32. The normalized spacial score (nSPS) is 17.5. The zero-order chi connectivity index (χ0) is 19.7. The van der Waals surface area contributed by atoms with Gasteiger partial charge in [0.2, 0.25) is 0 Å². The largest absolute Gasteiger partial charge is 0.490 e. The number of aromatic nitrogens is 1. The average Bonchev–Trinajstić information content (AvgIpc) is 3.02. The second kappa shape index (κ2) is 7.00. The molecule has 1 aromatic heterocycles. The van der Waals surface area contributed by atoms with Gasteiger partial charge in [-0.1, -0.05) is 24.8 Å². The third kappa shape index (κ3) is 2.72. The first kappa shape index (κ1) is 17.5. The number of pyridine rings is 1. The van der Waals surface area contributed by atoms with E-state index in [-0.39, 0.29) is 12.3 Å². The van der Waals surface area contributed by atoms with Gasteiger partial charge < -0.3 is 10.1 Å². The molecule has 2 aromatic rings. The number of ketones is 1. The number of rotatable bonds is 5. The Labute approximate surface area is 161 Å². The smallest absolute Gasteiger partial charge is 0.323 e. The third-order valence-corrected chi connectivity index (χ3v) is 4.64. The van der Waals surface area contributed by atoms with Gasteiger partial charge in [0.1, 0.15) is 18.9 Å². The highest BCUT2D eigenvalue weighted by Gasteiger charge is 2.44. The molecule has 1 N–H and O–H groups in total. The van der Waals surface area contributed by atoms with Crippen LogP contribution in [0, 0.1) is 11.3 Å². The molecule has 4 rings (SSSR count). The van der Waals surface area contributed by atoms with Gasteiger partial charge in [0, 0.05) is 6.20 Å². The Hall–Kier alpha value is -3.92. The summed E-state index contributed by atoms with van der Waals surface area (Å²) in [6.07, 6.45) is 3.20. The predicted molar refractivity (Wildman–Crippen MR) is 101 cm³/mol. The fourth-order valence-electron chi connectivity index (χ4n) is 3.48.